The Morgan fingerprint density at radius 3 is 2.45 bits per heavy atom. The van der Waals surface area contributed by atoms with Crippen molar-refractivity contribution in [3.8, 4) is 0 Å². The molecule has 0 saturated carbocycles. The second-order valence-corrected chi connectivity index (χ2v) is 10.4. The minimum Gasteiger partial charge on any atom is -0.370 e. The molecule has 3 heterocycles. The summed E-state index contributed by atoms with van der Waals surface area (Å²) < 4.78 is 42.7. The average molecular weight is 471 g/mol. The predicted molar refractivity (Wildman–Crippen MR) is 126 cm³/mol. The molecule has 5 rings (SSSR count). The van der Waals surface area contributed by atoms with E-state index in [1.165, 1.54) is 18.6 Å². The van der Waals surface area contributed by atoms with Crippen molar-refractivity contribution in [3.63, 3.8) is 0 Å². The lowest BCUT2D eigenvalue weighted by atomic mass is 9.95. The predicted octanol–water partition coefficient (Wildman–Crippen LogP) is 3.62. The topological polar surface area (TPSA) is 82.1 Å². The molecule has 0 aliphatic carbocycles. The van der Waals surface area contributed by atoms with Crippen LogP contribution in [0.15, 0.2) is 51.8 Å². The minimum atomic E-state index is -3.67. The number of hydrogen-bond donors (Lipinski definition) is 1. The number of anilines is 2. The number of benzene rings is 2. The number of likely N-dealkylation sites (tertiary alicyclic amines) is 1. The molecule has 7 nitrogen and oxygen atoms in total. The lowest BCUT2D eigenvalue weighted by Gasteiger charge is -2.33. The van der Waals surface area contributed by atoms with E-state index in [0.29, 0.717) is 43.0 Å². The Morgan fingerprint density at radius 2 is 1.70 bits per heavy atom. The number of halogens is 1. The van der Waals surface area contributed by atoms with Crippen LogP contribution in [0.25, 0.3) is 0 Å². The van der Waals surface area contributed by atoms with Crippen LogP contribution in [0.2, 0.25) is 0 Å². The van der Waals surface area contributed by atoms with Gasteiger partial charge in [-0.15, -0.1) is 4.40 Å². The second kappa shape index (κ2) is 8.78. The summed E-state index contributed by atoms with van der Waals surface area (Å²) in [6, 6.07) is 11.4. The average Bonchev–Trinajstić information content (AvgIpc) is 3.11. The van der Waals surface area contributed by atoms with Gasteiger partial charge in [0.05, 0.1) is 11.4 Å². The zero-order valence-corrected chi connectivity index (χ0v) is 19.2. The monoisotopic (exact) mass is 470 g/mol. The van der Waals surface area contributed by atoms with Crippen LogP contribution in [-0.2, 0) is 14.8 Å². The molecular weight excluding hydrogens is 443 g/mol. The van der Waals surface area contributed by atoms with Gasteiger partial charge in [-0.05, 0) is 62.4 Å². The zero-order valence-electron chi connectivity index (χ0n) is 18.3. The summed E-state index contributed by atoms with van der Waals surface area (Å²) in [6.45, 7) is 2.87. The van der Waals surface area contributed by atoms with Gasteiger partial charge < -0.3 is 15.1 Å². The van der Waals surface area contributed by atoms with Crippen molar-refractivity contribution in [1.29, 1.82) is 0 Å². The molecule has 1 N–H and O–H groups in total. The van der Waals surface area contributed by atoms with Crippen LogP contribution in [0.1, 0.15) is 37.7 Å². The number of amidine groups is 1. The molecule has 9 heteroatoms. The van der Waals surface area contributed by atoms with Crippen LogP contribution in [0.5, 0.6) is 0 Å². The van der Waals surface area contributed by atoms with Gasteiger partial charge in [-0.3, -0.25) is 4.79 Å². The molecule has 0 aromatic heterocycles. The number of carbonyl (C=O) groups is 1. The van der Waals surface area contributed by atoms with E-state index in [4.69, 9.17) is 0 Å². The van der Waals surface area contributed by atoms with Crippen LogP contribution in [-0.4, -0.2) is 51.2 Å². The van der Waals surface area contributed by atoms with Gasteiger partial charge in [0, 0.05) is 37.7 Å². The lowest BCUT2D eigenvalue weighted by molar-refractivity contribution is -0.120. The van der Waals surface area contributed by atoms with Crippen LogP contribution in [0, 0.1) is 11.7 Å². The highest BCUT2D eigenvalue weighted by Crippen LogP contribution is 2.32. The van der Waals surface area contributed by atoms with Gasteiger partial charge in [-0.2, -0.15) is 8.42 Å². The van der Waals surface area contributed by atoms with Gasteiger partial charge >= 0.3 is 0 Å². The number of amides is 1. The second-order valence-electron chi connectivity index (χ2n) is 8.85. The molecule has 174 valence electrons. The van der Waals surface area contributed by atoms with Crippen molar-refractivity contribution in [2.45, 2.75) is 37.0 Å². The van der Waals surface area contributed by atoms with Gasteiger partial charge in [-0.1, -0.05) is 12.1 Å². The summed E-state index contributed by atoms with van der Waals surface area (Å²) in [5.74, 6) is -0.269. The van der Waals surface area contributed by atoms with Crippen molar-refractivity contribution >= 4 is 33.1 Å². The number of piperidine rings is 2. The van der Waals surface area contributed by atoms with Crippen LogP contribution in [0.4, 0.5) is 15.8 Å². The number of carbonyl (C=O) groups excluding carboxylic acids is 1. The fraction of sp³-hybridized carbons (Fsp3) is 0.417. The Bertz CT molecular complexity index is 1200. The molecular formula is C24H27FN4O3S. The summed E-state index contributed by atoms with van der Waals surface area (Å²) in [5.41, 5.74) is 2.00. The molecule has 2 fully saturated rings. The Labute approximate surface area is 193 Å². The molecule has 0 atom stereocenters. The third-order valence-corrected chi connectivity index (χ3v) is 8.02. The quantitative estimate of drug-likeness (QED) is 0.741. The normalized spacial score (nSPS) is 20.3. The third-order valence-electron chi connectivity index (χ3n) is 6.69. The van der Waals surface area contributed by atoms with Crippen molar-refractivity contribution < 1.29 is 17.6 Å². The number of rotatable bonds is 3. The van der Waals surface area contributed by atoms with Crippen molar-refractivity contribution in [1.82, 2.24) is 4.90 Å². The number of nitrogens with one attached hydrogen (secondary N) is 1. The molecule has 0 unspecified atom stereocenters. The highest BCUT2D eigenvalue weighted by atomic mass is 32.2. The van der Waals surface area contributed by atoms with Crippen molar-refractivity contribution in [2.75, 3.05) is 36.4 Å². The minimum absolute atomic E-state index is 0.125. The fourth-order valence-corrected chi connectivity index (χ4v) is 6.15. The SMILES string of the molecule is O=C(Nc1cc(F)ccc1N1CCCCC1)C1CCN(C2=NS(=O)(=O)c3ccccc32)CC1. The molecule has 3 aliphatic rings. The maximum atomic E-state index is 14.0. The first-order chi connectivity index (χ1) is 15.9. The largest absolute Gasteiger partial charge is 0.370 e. The standard InChI is InChI=1S/C24H27FN4O3S/c25-18-8-9-21(28-12-4-1-5-13-28)20(16-18)26-24(30)17-10-14-29(15-11-17)23-19-6-2-3-7-22(19)33(31,32)27-23/h2-3,6-9,16-17H,1,4-5,10-15H2,(H,26,30). The Balaban J connectivity index is 1.27. The first kappa shape index (κ1) is 21.9. The van der Waals surface area contributed by atoms with E-state index in [2.05, 4.69) is 14.6 Å². The van der Waals surface area contributed by atoms with Gasteiger partial charge in [0.2, 0.25) is 5.91 Å². The maximum absolute atomic E-state index is 14.0. The molecule has 2 saturated heterocycles. The van der Waals surface area contributed by atoms with E-state index >= 15 is 0 Å². The molecule has 0 radical (unpaired) electrons. The number of nitrogens with zero attached hydrogens (tertiary/aromatic N) is 3. The van der Waals surface area contributed by atoms with Crippen molar-refractivity contribution in [3.05, 3.63) is 53.8 Å². The van der Waals surface area contributed by atoms with Crippen LogP contribution in [0.3, 0.4) is 0 Å². The molecule has 33 heavy (non-hydrogen) atoms. The fourth-order valence-electron chi connectivity index (χ4n) is 4.92. The zero-order chi connectivity index (χ0) is 23.0. The molecule has 2 aromatic carbocycles. The highest BCUT2D eigenvalue weighted by Gasteiger charge is 2.34. The Hall–Kier alpha value is -2.94. The molecule has 0 bridgehead atoms. The first-order valence-corrected chi connectivity index (χ1v) is 12.9. The molecule has 3 aliphatic heterocycles. The maximum Gasteiger partial charge on any atom is 0.285 e. The van der Waals surface area contributed by atoms with E-state index in [-0.39, 0.29) is 22.5 Å². The van der Waals surface area contributed by atoms with Gasteiger partial charge in [0.15, 0.2) is 5.84 Å². The van der Waals surface area contributed by atoms with Gasteiger partial charge in [0.25, 0.3) is 10.0 Å². The number of hydrogen-bond acceptors (Lipinski definition) is 5. The van der Waals surface area contributed by atoms with E-state index in [0.717, 1.165) is 31.6 Å². The summed E-state index contributed by atoms with van der Waals surface area (Å²) in [6.07, 6.45) is 4.51. The van der Waals surface area contributed by atoms with Crippen molar-refractivity contribution in [2.24, 2.45) is 10.3 Å². The first-order valence-electron chi connectivity index (χ1n) is 11.5. The molecule has 1 amide bonds. The number of fused-ring (bicyclic) bond motifs is 1. The van der Waals surface area contributed by atoms with E-state index < -0.39 is 10.0 Å². The van der Waals surface area contributed by atoms with Crippen LogP contribution < -0.4 is 10.2 Å². The summed E-state index contributed by atoms with van der Waals surface area (Å²) in [5, 5.41) is 2.97. The molecule has 0 spiro atoms. The summed E-state index contributed by atoms with van der Waals surface area (Å²) >= 11 is 0. The Morgan fingerprint density at radius 1 is 0.970 bits per heavy atom. The van der Waals surface area contributed by atoms with Gasteiger partial charge in [0.1, 0.15) is 10.7 Å². The molecule has 2 aromatic rings. The van der Waals surface area contributed by atoms with Crippen LogP contribution >= 0.6 is 0 Å². The summed E-state index contributed by atoms with van der Waals surface area (Å²) in [7, 11) is -3.67. The number of sulfonamides is 1. The third kappa shape index (κ3) is 4.34. The smallest absolute Gasteiger partial charge is 0.285 e. The van der Waals surface area contributed by atoms with E-state index in [1.807, 2.05) is 4.90 Å². The summed E-state index contributed by atoms with van der Waals surface area (Å²) in [4.78, 5) is 17.4. The van der Waals surface area contributed by atoms with E-state index in [1.54, 1.807) is 30.3 Å². The lowest BCUT2D eigenvalue weighted by Crippen LogP contribution is -2.41. The van der Waals surface area contributed by atoms with Gasteiger partial charge in [-0.25, -0.2) is 4.39 Å². The Kier molecular flexibility index (Phi) is 5.82. The van der Waals surface area contributed by atoms with E-state index in [9.17, 15) is 17.6 Å². The highest BCUT2D eigenvalue weighted by molar-refractivity contribution is 7.90.